The topological polar surface area (TPSA) is 38.5 Å². The van der Waals surface area contributed by atoms with Crippen molar-refractivity contribution in [1.82, 2.24) is 0 Å². The number of morpholine rings is 1. The molecule has 1 aliphatic carbocycles. The first kappa shape index (κ1) is 13.8. The fourth-order valence-electron chi connectivity index (χ4n) is 3.39. The highest BCUT2D eigenvalue weighted by Gasteiger charge is 2.35. The van der Waals surface area contributed by atoms with E-state index in [1.54, 1.807) is 6.07 Å². The summed E-state index contributed by atoms with van der Waals surface area (Å²) in [5.41, 5.74) is 6.91. The number of nitrogens with two attached hydrogens (primary N) is 1. The molecule has 1 saturated carbocycles. The predicted octanol–water partition coefficient (Wildman–Crippen LogP) is 2.61. The number of hydrogen-bond donors (Lipinski definition) is 1. The van der Waals surface area contributed by atoms with Gasteiger partial charge >= 0.3 is 0 Å². The SMILES string of the molecule is NC(=S)c1c(F)cccc1N1CCOC2CCCCC21. The van der Waals surface area contributed by atoms with Crippen molar-refractivity contribution in [3.63, 3.8) is 0 Å². The summed E-state index contributed by atoms with van der Waals surface area (Å²) in [4.78, 5) is 2.36. The van der Waals surface area contributed by atoms with E-state index in [0.717, 1.165) is 25.1 Å². The number of rotatable bonds is 2. The summed E-state index contributed by atoms with van der Waals surface area (Å²) < 4.78 is 19.9. The third-order valence-electron chi connectivity index (χ3n) is 4.28. The zero-order chi connectivity index (χ0) is 14.1. The Hall–Kier alpha value is -1.20. The molecular formula is C15H19FN2OS. The molecule has 1 saturated heterocycles. The summed E-state index contributed by atoms with van der Waals surface area (Å²) in [6, 6.07) is 5.36. The first-order chi connectivity index (χ1) is 9.68. The molecule has 2 atom stereocenters. The van der Waals surface area contributed by atoms with E-state index in [0.29, 0.717) is 18.2 Å². The van der Waals surface area contributed by atoms with Gasteiger partial charge in [0.15, 0.2) is 0 Å². The Morgan fingerprint density at radius 1 is 1.35 bits per heavy atom. The van der Waals surface area contributed by atoms with E-state index in [4.69, 9.17) is 22.7 Å². The molecule has 0 radical (unpaired) electrons. The van der Waals surface area contributed by atoms with Gasteiger partial charge < -0.3 is 15.4 Å². The molecule has 20 heavy (non-hydrogen) atoms. The van der Waals surface area contributed by atoms with Gasteiger partial charge in [0, 0.05) is 6.54 Å². The molecule has 5 heteroatoms. The quantitative estimate of drug-likeness (QED) is 0.851. The lowest BCUT2D eigenvalue weighted by Crippen LogP contribution is -2.53. The molecule has 1 heterocycles. The number of benzene rings is 1. The second-order valence-electron chi connectivity index (χ2n) is 5.45. The van der Waals surface area contributed by atoms with Crippen molar-refractivity contribution in [2.24, 2.45) is 5.73 Å². The third-order valence-corrected chi connectivity index (χ3v) is 4.48. The minimum atomic E-state index is -0.339. The van der Waals surface area contributed by atoms with Gasteiger partial charge in [-0.2, -0.15) is 0 Å². The molecule has 1 aliphatic heterocycles. The fourth-order valence-corrected chi connectivity index (χ4v) is 3.59. The van der Waals surface area contributed by atoms with Crippen LogP contribution in [0.15, 0.2) is 18.2 Å². The normalized spacial score (nSPS) is 26.1. The average molecular weight is 294 g/mol. The molecule has 2 fully saturated rings. The maximum Gasteiger partial charge on any atom is 0.135 e. The van der Waals surface area contributed by atoms with Crippen LogP contribution in [0.5, 0.6) is 0 Å². The smallest absolute Gasteiger partial charge is 0.135 e. The third kappa shape index (κ3) is 2.40. The maximum absolute atomic E-state index is 14.1. The Kier molecular flexibility index (Phi) is 3.89. The summed E-state index contributed by atoms with van der Waals surface area (Å²) in [5.74, 6) is -0.339. The number of thiocarbonyl (C=S) groups is 1. The molecule has 1 aromatic carbocycles. The average Bonchev–Trinajstić information content (AvgIpc) is 2.46. The Morgan fingerprint density at radius 3 is 2.95 bits per heavy atom. The van der Waals surface area contributed by atoms with Gasteiger partial charge in [-0.05, 0) is 25.0 Å². The van der Waals surface area contributed by atoms with Crippen molar-refractivity contribution in [2.75, 3.05) is 18.1 Å². The first-order valence-electron chi connectivity index (χ1n) is 7.15. The van der Waals surface area contributed by atoms with Crippen LogP contribution in [0.4, 0.5) is 10.1 Å². The van der Waals surface area contributed by atoms with Gasteiger partial charge in [-0.1, -0.05) is 31.1 Å². The van der Waals surface area contributed by atoms with E-state index >= 15 is 0 Å². The van der Waals surface area contributed by atoms with Gasteiger partial charge in [0.2, 0.25) is 0 Å². The van der Waals surface area contributed by atoms with Crippen molar-refractivity contribution in [3.05, 3.63) is 29.6 Å². The van der Waals surface area contributed by atoms with Gasteiger partial charge in [0.1, 0.15) is 10.8 Å². The number of hydrogen-bond acceptors (Lipinski definition) is 3. The standard InChI is InChI=1S/C15H19FN2OS/c16-10-4-3-6-12(14(10)15(17)20)18-8-9-19-13-7-2-1-5-11(13)18/h3-4,6,11,13H,1-2,5,7-9H2,(H2,17,20). The molecule has 2 N–H and O–H groups in total. The van der Waals surface area contributed by atoms with Crippen molar-refractivity contribution in [2.45, 2.75) is 37.8 Å². The summed E-state index contributed by atoms with van der Waals surface area (Å²) in [7, 11) is 0. The highest BCUT2D eigenvalue weighted by atomic mass is 32.1. The zero-order valence-corrected chi connectivity index (χ0v) is 12.2. The fraction of sp³-hybridized carbons (Fsp3) is 0.533. The summed E-state index contributed by atoms with van der Waals surface area (Å²) in [6.45, 7) is 1.44. The molecule has 2 unspecified atom stereocenters. The van der Waals surface area contributed by atoms with E-state index in [2.05, 4.69) is 4.90 Å². The van der Waals surface area contributed by atoms with Gasteiger partial charge in [-0.15, -0.1) is 0 Å². The van der Waals surface area contributed by atoms with Gasteiger partial charge in [-0.3, -0.25) is 0 Å². The maximum atomic E-state index is 14.1. The largest absolute Gasteiger partial charge is 0.389 e. The molecule has 3 nitrogen and oxygen atoms in total. The molecule has 3 rings (SSSR count). The molecule has 0 amide bonds. The molecule has 2 aliphatic rings. The van der Waals surface area contributed by atoms with Crippen LogP contribution in [0.3, 0.4) is 0 Å². The van der Waals surface area contributed by atoms with E-state index in [1.165, 1.54) is 18.9 Å². The van der Waals surface area contributed by atoms with E-state index < -0.39 is 0 Å². The van der Waals surface area contributed by atoms with Crippen molar-refractivity contribution < 1.29 is 9.13 Å². The Bertz CT molecular complexity index is 521. The second kappa shape index (κ2) is 5.66. The van der Waals surface area contributed by atoms with Crippen molar-refractivity contribution in [1.29, 1.82) is 0 Å². The summed E-state index contributed by atoms with van der Waals surface area (Å²) >= 11 is 5.03. The Balaban J connectivity index is 1.99. The van der Waals surface area contributed by atoms with Gasteiger partial charge in [0.25, 0.3) is 0 Å². The van der Waals surface area contributed by atoms with Crippen LogP contribution < -0.4 is 10.6 Å². The van der Waals surface area contributed by atoms with Gasteiger partial charge in [0.05, 0.1) is 30.0 Å². The predicted molar refractivity (Wildman–Crippen MR) is 81.6 cm³/mol. The van der Waals surface area contributed by atoms with Crippen LogP contribution in [-0.4, -0.2) is 30.3 Å². The van der Waals surface area contributed by atoms with Crippen LogP contribution in [-0.2, 0) is 4.74 Å². The van der Waals surface area contributed by atoms with Crippen LogP contribution in [0.1, 0.15) is 31.2 Å². The molecule has 108 valence electrons. The lowest BCUT2D eigenvalue weighted by atomic mass is 9.89. The second-order valence-corrected chi connectivity index (χ2v) is 5.89. The number of nitrogens with zero attached hydrogens (tertiary/aromatic N) is 1. The van der Waals surface area contributed by atoms with E-state index in [9.17, 15) is 4.39 Å². The number of anilines is 1. The van der Waals surface area contributed by atoms with Crippen molar-refractivity contribution in [3.8, 4) is 0 Å². The minimum Gasteiger partial charge on any atom is -0.389 e. The summed E-state index contributed by atoms with van der Waals surface area (Å²) in [6.07, 6.45) is 4.82. The number of halogens is 1. The van der Waals surface area contributed by atoms with Gasteiger partial charge in [-0.25, -0.2) is 4.39 Å². The molecular weight excluding hydrogens is 275 g/mol. The van der Waals surface area contributed by atoms with Crippen LogP contribution in [0, 0.1) is 5.82 Å². The van der Waals surface area contributed by atoms with Crippen molar-refractivity contribution >= 4 is 22.9 Å². The zero-order valence-electron chi connectivity index (χ0n) is 11.3. The summed E-state index contributed by atoms with van der Waals surface area (Å²) in [5, 5.41) is 0. The molecule has 0 aromatic heterocycles. The Morgan fingerprint density at radius 2 is 2.15 bits per heavy atom. The minimum absolute atomic E-state index is 0.122. The highest BCUT2D eigenvalue weighted by Crippen LogP contribution is 2.34. The number of ether oxygens (including phenoxy) is 1. The monoisotopic (exact) mass is 294 g/mol. The Labute approximate surface area is 123 Å². The molecule has 0 spiro atoms. The van der Waals surface area contributed by atoms with Crippen LogP contribution >= 0.6 is 12.2 Å². The highest BCUT2D eigenvalue weighted by molar-refractivity contribution is 7.80. The first-order valence-corrected chi connectivity index (χ1v) is 7.56. The van der Waals surface area contributed by atoms with E-state index in [-0.39, 0.29) is 16.9 Å². The number of fused-ring (bicyclic) bond motifs is 1. The van der Waals surface area contributed by atoms with E-state index in [1.807, 2.05) is 6.07 Å². The van der Waals surface area contributed by atoms with Crippen LogP contribution in [0.25, 0.3) is 0 Å². The van der Waals surface area contributed by atoms with Crippen LogP contribution in [0.2, 0.25) is 0 Å². The molecule has 1 aromatic rings. The lowest BCUT2D eigenvalue weighted by Gasteiger charge is -2.45. The molecule has 0 bridgehead atoms. The lowest BCUT2D eigenvalue weighted by molar-refractivity contribution is -0.00870.